The van der Waals surface area contributed by atoms with E-state index >= 15 is 0 Å². The summed E-state index contributed by atoms with van der Waals surface area (Å²) in [7, 11) is 0. The van der Waals surface area contributed by atoms with Crippen LogP contribution in [0, 0.1) is 0 Å². The van der Waals surface area contributed by atoms with Crippen LogP contribution in [0.15, 0.2) is 35.3 Å². The van der Waals surface area contributed by atoms with Gasteiger partial charge in [-0.05, 0) is 24.0 Å². The quantitative estimate of drug-likeness (QED) is 0.778. The molecule has 0 aliphatic heterocycles. The summed E-state index contributed by atoms with van der Waals surface area (Å²) >= 11 is 6.09. The van der Waals surface area contributed by atoms with E-state index in [1.54, 1.807) is 0 Å². The summed E-state index contributed by atoms with van der Waals surface area (Å²) < 4.78 is 7.01. The van der Waals surface area contributed by atoms with Gasteiger partial charge in [-0.25, -0.2) is 4.68 Å². The fraction of sp³-hybridized carbons (Fsp3) is 0.412. The van der Waals surface area contributed by atoms with E-state index in [1.807, 2.05) is 12.1 Å². The van der Waals surface area contributed by atoms with Crippen LogP contribution in [-0.2, 0) is 19.6 Å². The number of unbranched alkanes of at least 4 members (excludes halogenated alkanes) is 1. The highest BCUT2D eigenvalue weighted by atomic mass is 35.5. The van der Waals surface area contributed by atoms with Crippen LogP contribution in [0.3, 0.4) is 0 Å². The third-order valence-electron chi connectivity index (χ3n) is 3.50. The second kappa shape index (κ2) is 7.99. The molecule has 0 fully saturated rings. The van der Waals surface area contributed by atoms with Gasteiger partial charge in [-0.3, -0.25) is 4.79 Å². The summed E-state index contributed by atoms with van der Waals surface area (Å²) in [5.41, 5.74) is 2.01. The number of aromatic nitrogens is 2. The fourth-order valence-electron chi connectivity index (χ4n) is 2.05. The molecule has 0 bridgehead atoms. The van der Waals surface area contributed by atoms with Gasteiger partial charge in [0.1, 0.15) is 6.61 Å². The second-order valence-corrected chi connectivity index (χ2v) is 5.54. The van der Waals surface area contributed by atoms with E-state index in [2.05, 4.69) is 31.1 Å². The van der Waals surface area contributed by atoms with Crippen molar-refractivity contribution >= 4 is 11.6 Å². The van der Waals surface area contributed by atoms with Crippen molar-refractivity contribution in [2.45, 2.75) is 46.3 Å². The monoisotopic (exact) mass is 320 g/mol. The predicted molar refractivity (Wildman–Crippen MR) is 88.6 cm³/mol. The van der Waals surface area contributed by atoms with E-state index in [0.29, 0.717) is 18.9 Å². The second-order valence-electron chi connectivity index (χ2n) is 5.16. The molecule has 5 heteroatoms. The zero-order valence-electron chi connectivity index (χ0n) is 13.0. The van der Waals surface area contributed by atoms with Gasteiger partial charge < -0.3 is 4.74 Å². The van der Waals surface area contributed by atoms with Crippen molar-refractivity contribution in [2.75, 3.05) is 0 Å². The molecule has 4 nitrogen and oxygen atoms in total. The van der Waals surface area contributed by atoms with Crippen LogP contribution in [0.2, 0.25) is 5.02 Å². The highest BCUT2D eigenvalue weighted by molar-refractivity contribution is 6.31. The smallest absolute Gasteiger partial charge is 0.289 e. The molecule has 1 aromatic heterocycles. The maximum absolute atomic E-state index is 12.1. The van der Waals surface area contributed by atoms with Gasteiger partial charge in [0, 0.05) is 6.54 Å². The minimum Gasteiger partial charge on any atom is -0.485 e. The molecule has 0 unspecified atom stereocenters. The maximum atomic E-state index is 12.1. The molecule has 0 radical (unpaired) electrons. The molecule has 0 N–H and O–H groups in total. The van der Waals surface area contributed by atoms with Crippen molar-refractivity contribution in [3.8, 4) is 5.75 Å². The molecule has 118 valence electrons. The van der Waals surface area contributed by atoms with Gasteiger partial charge in [0.2, 0.25) is 0 Å². The topological polar surface area (TPSA) is 44.1 Å². The molecule has 0 saturated carbocycles. The highest BCUT2D eigenvalue weighted by Gasteiger charge is 2.10. The van der Waals surface area contributed by atoms with Crippen molar-refractivity contribution < 1.29 is 4.74 Å². The number of nitrogens with zero attached hydrogens (tertiary/aromatic N) is 2. The van der Waals surface area contributed by atoms with E-state index in [0.717, 1.165) is 24.8 Å². The third kappa shape index (κ3) is 4.10. The van der Waals surface area contributed by atoms with Gasteiger partial charge >= 0.3 is 0 Å². The number of hydrogen-bond acceptors (Lipinski definition) is 3. The van der Waals surface area contributed by atoms with Crippen LogP contribution in [-0.4, -0.2) is 9.78 Å². The molecule has 0 aliphatic carbocycles. The summed E-state index contributed by atoms with van der Waals surface area (Å²) in [5.74, 6) is 0.332. The van der Waals surface area contributed by atoms with Gasteiger partial charge in [0.25, 0.3) is 5.56 Å². The number of aryl methyl sites for hydroxylation is 2. The molecular formula is C17H21ClN2O2. The first-order valence-corrected chi connectivity index (χ1v) is 7.99. The molecule has 2 rings (SSSR count). The maximum Gasteiger partial charge on any atom is 0.289 e. The Balaban J connectivity index is 2.06. The zero-order chi connectivity index (χ0) is 15.9. The van der Waals surface area contributed by atoms with Crippen LogP contribution in [0.1, 0.15) is 37.8 Å². The first-order chi connectivity index (χ1) is 10.7. The molecule has 0 saturated heterocycles. The molecule has 0 amide bonds. The average Bonchev–Trinajstić information content (AvgIpc) is 2.56. The van der Waals surface area contributed by atoms with Gasteiger partial charge in [-0.1, -0.05) is 56.1 Å². The molecule has 1 heterocycles. The molecule has 0 aliphatic rings. The standard InChI is InChI=1S/C17H21ClN2O2/c1-3-5-10-20-17(21)16(18)15(11-19-20)22-12-14-8-6-13(4-2)7-9-14/h6-9,11H,3-5,10,12H2,1-2H3. The minimum absolute atomic E-state index is 0.0938. The van der Waals surface area contributed by atoms with Crippen LogP contribution < -0.4 is 10.3 Å². The van der Waals surface area contributed by atoms with Gasteiger partial charge in [0.05, 0.1) is 6.20 Å². The van der Waals surface area contributed by atoms with Crippen molar-refractivity contribution in [2.24, 2.45) is 0 Å². The summed E-state index contributed by atoms with van der Waals surface area (Å²) in [5, 5.41) is 4.20. The lowest BCUT2D eigenvalue weighted by Gasteiger charge is -2.10. The van der Waals surface area contributed by atoms with E-state index in [4.69, 9.17) is 16.3 Å². The van der Waals surface area contributed by atoms with E-state index in [-0.39, 0.29) is 10.6 Å². The minimum atomic E-state index is -0.297. The summed E-state index contributed by atoms with van der Waals surface area (Å²) in [6, 6.07) is 8.17. The number of benzene rings is 1. The lowest BCUT2D eigenvalue weighted by molar-refractivity contribution is 0.302. The Kier molecular flexibility index (Phi) is 6.01. The van der Waals surface area contributed by atoms with Gasteiger partial charge in [0.15, 0.2) is 10.8 Å². The molecule has 1 aromatic carbocycles. The van der Waals surface area contributed by atoms with Crippen LogP contribution in [0.5, 0.6) is 5.75 Å². The fourth-order valence-corrected chi connectivity index (χ4v) is 2.25. The van der Waals surface area contributed by atoms with Gasteiger partial charge in [-0.15, -0.1) is 0 Å². The Bertz CT molecular complexity index is 665. The van der Waals surface area contributed by atoms with E-state index in [9.17, 15) is 4.79 Å². The summed E-state index contributed by atoms with van der Waals surface area (Å²) in [4.78, 5) is 12.1. The third-order valence-corrected chi connectivity index (χ3v) is 3.85. The van der Waals surface area contributed by atoms with Crippen molar-refractivity contribution in [1.29, 1.82) is 0 Å². The van der Waals surface area contributed by atoms with Crippen LogP contribution >= 0.6 is 11.6 Å². The number of halogens is 1. The lowest BCUT2D eigenvalue weighted by atomic mass is 10.1. The Hall–Kier alpha value is -1.81. The number of ether oxygens (including phenoxy) is 1. The molecule has 2 aromatic rings. The number of hydrogen-bond donors (Lipinski definition) is 0. The van der Waals surface area contributed by atoms with Crippen molar-refractivity contribution in [1.82, 2.24) is 9.78 Å². The Morgan fingerprint density at radius 1 is 1.18 bits per heavy atom. The SMILES string of the molecule is CCCCn1ncc(OCc2ccc(CC)cc2)c(Cl)c1=O. The molecule has 22 heavy (non-hydrogen) atoms. The zero-order valence-corrected chi connectivity index (χ0v) is 13.8. The first kappa shape index (κ1) is 16.6. The van der Waals surface area contributed by atoms with E-state index in [1.165, 1.54) is 16.4 Å². The van der Waals surface area contributed by atoms with Crippen LogP contribution in [0.4, 0.5) is 0 Å². The molecule has 0 atom stereocenters. The highest BCUT2D eigenvalue weighted by Crippen LogP contribution is 2.20. The summed E-state index contributed by atoms with van der Waals surface area (Å²) in [6.07, 6.45) is 4.41. The molecular weight excluding hydrogens is 300 g/mol. The van der Waals surface area contributed by atoms with Gasteiger partial charge in [-0.2, -0.15) is 5.10 Å². The Morgan fingerprint density at radius 2 is 1.86 bits per heavy atom. The first-order valence-electron chi connectivity index (χ1n) is 7.62. The van der Waals surface area contributed by atoms with E-state index < -0.39 is 0 Å². The Morgan fingerprint density at radius 3 is 2.50 bits per heavy atom. The Labute approximate surface area is 135 Å². The normalized spacial score (nSPS) is 10.7. The number of rotatable bonds is 7. The predicted octanol–water partition coefficient (Wildman–Crippen LogP) is 3.84. The molecule has 0 spiro atoms. The largest absolute Gasteiger partial charge is 0.485 e. The summed E-state index contributed by atoms with van der Waals surface area (Å²) in [6.45, 7) is 5.12. The average molecular weight is 321 g/mol. The van der Waals surface area contributed by atoms with Crippen LogP contribution in [0.25, 0.3) is 0 Å². The van der Waals surface area contributed by atoms with Crippen molar-refractivity contribution in [3.05, 3.63) is 57.0 Å². The van der Waals surface area contributed by atoms with Crippen molar-refractivity contribution in [3.63, 3.8) is 0 Å². The lowest BCUT2D eigenvalue weighted by Crippen LogP contribution is -2.23.